The Labute approximate surface area is 67.9 Å². The Hall–Kier alpha value is -1.16. The van der Waals surface area contributed by atoms with E-state index in [1.54, 1.807) is 6.07 Å². The second kappa shape index (κ2) is 2.17. The molecule has 2 N–H and O–H groups in total. The molecule has 1 aliphatic heterocycles. The van der Waals surface area contributed by atoms with Crippen LogP contribution in [0.4, 0.5) is 5.82 Å². The number of halogens is 1. The van der Waals surface area contributed by atoms with Crippen LogP contribution in [-0.2, 0) is 0 Å². The van der Waals surface area contributed by atoms with Gasteiger partial charge in [-0.1, -0.05) is 11.6 Å². The summed E-state index contributed by atoms with van der Waals surface area (Å²) >= 11 is 5.67. The Balaban J connectivity index is 2.57. The van der Waals surface area contributed by atoms with Crippen LogP contribution in [0.3, 0.4) is 0 Å². The molecule has 0 aromatic carbocycles. The Kier molecular flexibility index (Phi) is 1.29. The molecule has 0 aliphatic carbocycles. The Bertz CT molecular complexity index is 274. The van der Waals surface area contributed by atoms with Gasteiger partial charge in [-0.15, -0.1) is 0 Å². The van der Waals surface area contributed by atoms with Gasteiger partial charge in [0.2, 0.25) is 6.79 Å². The molecular formula is C6H5ClN2O2. The van der Waals surface area contributed by atoms with Gasteiger partial charge in [0.15, 0.2) is 5.75 Å². The van der Waals surface area contributed by atoms with Crippen molar-refractivity contribution in [2.45, 2.75) is 0 Å². The quantitative estimate of drug-likeness (QED) is 0.636. The van der Waals surface area contributed by atoms with Crippen LogP contribution in [0.5, 0.6) is 11.6 Å². The lowest BCUT2D eigenvalue weighted by Gasteiger charge is -1.97. The van der Waals surface area contributed by atoms with E-state index in [1.807, 2.05) is 0 Å². The molecule has 0 bridgehead atoms. The third-order valence-corrected chi connectivity index (χ3v) is 1.65. The summed E-state index contributed by atoms with van der Waals surface area (Å²) in [5.74, 6) is 1.21. The Morgan fingerprint density at radius 1 is 1.55 bits per heavy atom. The van der Waals surface area contributed by atoms with Gasteiger partial charge in [-0.05, 0) is 0 Å². The predicted molar refractivity (Wildman–Crippen MR) is 39.8 cm³/mol. The first kappa shape index (κ1) is 6.54. The van der Waals surface area contributed by atoms with Gasteiger partial charge in [0.1, 0.15) is 5.82 Å². The summed E-state index contributed by atoms with van der Waals surface area (Å²) in [7, 11) is 0. The summed E-state index contributed by atoms with van der Waals surface area (Å²) in [4.78, 5) is 3.85. The summed E-state index contributed by atoms with van der Waals surface area (Å²) < 4.78 is 9.97. The topological polar surface area (TPSA) is 57.4 Å². The normalized spacial score (nSPS) is 13.5. The first-order valence-corrected chi connectivity index (χ1v) is 3.37. The monoisotopic (exact) mass is 172 g/mol. The largest absolute Gasteiger partial charge is 0.452 e. The van der Waals surface area contributed by atoms with E-state index < -0.39 is 0 Å². The highest BCUT2D eigenvalue weighted by atomic mass is 35.5. The van der Waals surface area contributed by atoms with E-state index >= 15 is 0 Å². The molecule has 1 aromatic heterocycles. The molecular weight excluding hydrogens is 168 g/mol. The fourth-order valence-corrected chi connectivity index (χ4v) is 0.966. The van der Waals surface area contributed by atoms with Gasteiger partial charge in [-0.2, -0.15) is 4.98 Å². The van der Waals surface area contributed by atoms with Crippen molar-refractivity contribution in [3.05, 3.63) is 11.1 Å². The van der Waals surface area contributed by atoms with Gasteiger partial charge in [0, 0.05) is 6.07 Å². The van der Waals surface area contributed by atoms with Crippen molar-refractivity contribution < 1.29 is 9.47 Å². The number of nitrogens with two attached hydrogens (primary N) is 1. The molecule has 5 heteroatoms. The first-order chi connectivity index (χ1) is 5.27. The molecule has 1 aliphatic rings. The molecule has 11 heavy (non-hydrogen) atoms. The minimum Gasteiger partial charge on any atom is -0.452 e. The molecule has 2 heterocycles. The molecule has 1 aromatic rings. The van der Waals surface area contributed by atoms with Crippen LogP contribution in [0.2, 0.25) is 5.02 Å². The molecule has 58 valence electrons. The maximum Gasteiger partial charge on any atom is 0.262 e. The van der Waals surface area contributed by atoms with E-state index in [2.05, 4.69) is 4.98 Å². The van der Waals surface area contributed by atoms with Gasteiger partial charge in [0.05, 0.1) is 5.02 Å². The van der Waals surface area contributed by atoms with Gasteiger partial charge in [0.25, 0.3) is 5.88 Å². The number of aromatic nitrogens is 1. The second-order valence-corrected chi connectivity index (χ2v) is 2.47. The van der Waals surface area contributed by atoms with Crippen LogP contribution in [0.1, 0.15) is 0 Å². The highest BCUT2D eigenvalue weighted by Crippen LogP contribution is 2.34. The van der Waals surface area contributed by atoms with Crippen LogP contribution < -0.4 is 15.2 Å². The van der Waals surface area contributed by atoms with Crippen molar-refractivity contribution in [3.8, 4) is 11.6 Å². The van der Waals surface area contributed by atoms with Gasteiger partial charge < -0.3 is 15.2 Å². The molecule has 0 radical (unpaired) electrons. The maximum atomic E-state index is 5.67. The Morgan fingerprint density at radius 3 is 3.18 bits per heavy atom. The van der Waals surface area contributed by atoms with E-state index in [0.717, 1.165) is 0 Å². The molecule has 0 fully saturated rings. The van der Waals surface area contributed by atoms with Crippen LogP contribution in [0, 0.1) is 0 Å². The summed E-state index contributed by atoms with van der Waals surface area (Å²) in [6.45, 7) is 0.183. The molecule has 0 spiro atoms. The Morgan fingerprint density at radius 2 is 2.36 bits per heavy atom. The third kappa shape index (κ3) is 0.952. The SMILES string of the molecule is Nc1nc2c(cc1Cl)OCO2. The maximum absolute atomic E-state index is 5.67. The van der Waals surface area contributed by atoms with E-state index in [-0.39, 0.29) is 12.6 Å². The van der Waals surface area contributed by atoms with Crippen LogP contribution in [0.15, 0.2) is 6.07 Å². The van der Waals surface area contributed by atoms with Crippen LogP contribution in [0.25, 0.3) is 0 Å². The van der Waals surface area contributed by atoms with Crippen molar-refractivity contribution >= 4 is 17.4 Å². The smallest absolute Gasteiger partial charge is 0.262 e. The van der Waals surface area contributed by atoms with Crippen molar-refractivity contribution in [1.82, 2.24) is 4.98 Å². The number of fused-ring (bicyclic) bond motifs is 1. The van der Waals surface area contributed by atoms with Crippen LogP contribution >= 0.6 is 11.6 Å². The summed E-state index contributed by atoms with van der Waals surface area (Å²) in [6, 6.07) is 1.59. The molecule has 0 saturated heterocycles. The second-order valence-electron chi connectivity index (χ2n) is 2.07. The van der Waals surface area contributed by atoms with E-state index in [4.69, 9.17) is 26.8 Å². The lowest BCUT2D eigenvalue weighted by molar-refractivity contribution is 0.171. The fourth-order valence-electron chi connectivity index (χ4n) is 0.824. The highest BCUT2D eigenvalue weighted by Gasteiger charge is 2.16. The van der Waals surface area contributed by atoms with Crippen molar-refractivity contribution in [2.75, 3.05) is 12.5 Å². The van der Waals surface area contributed by atoms with Gasteiger partial charge in [-0.3, -0.25) is 0 Å². The number of nitrogen functional groups attached to an aromatic ring is 1. The van der Waals surface area contributed by atoms with Crippen molar-refractivity contribution in [1.29, 1.82) is 0 Å². The van der Waals surface area contributed by atoms with Crippen LogP contribution in [-0.4, -0.2) is 11.8 Å². The third-order valence-electron chi connectivity index (χ3n) is 1.35. The zero-order valence-corrected chi connectivity index (χ0v) is 6.26. The molecule has 0 atom stereocenters. The minimum atomic E-state index is 0.183. The lowest BCUT2D eigenvalue weighted by atomic mass is 10.4. The predicted octanol–water partition coefficient (Wildman–Crippen LogP) is 1.05. The summed E-state index contributed by atoms with van der Waals surface area (Å²) in [5, 5.41) is 0.384. The fraction of sp³-hybridized carbons (Fsp3) is 0.167. The number of anilines is 1. The lowest BCUT2D eigenvalue weighted by Crippen LogP contribution is -1.94. The zero-order valence-electron chi connectivity index (χ0n) is 5.50. The number of pyridine rings is 1. The minimum absolute atomic E-state index is 0.183. The van der Waals surface area contributed by atoms with Gasteiger partial charge in [-0.25, -0.2) is 0 Å². The van der Waals surface area contributed by atoms with Gasteiger partial charge >= 0.3 is 0 Å². The number of hydrogen-bond acceptors (Lipinski definition) is 4. The average Bonchev–Trinajstić information content (AvgIpc) is 2.36. The summed E-state index contributed by atoms with van der Waals surface area (Å²) in [5.41, 5.74) is 5.41. The number of ether oxygens (including phenoxy) is 2. The average molecular weight is 173 g/mol. The molecule has 0 unspecified atom stereocenters. The summed E-state index contributed by atoms with van der Waals surface area (Å²) in [6.07, 6.45) is 0. The first-order valence-electron chi connectivity index (χ1n) is 2.99. The van der Waals surface area contributed by atoms with E-state index in [1.165, 1.54) is 0 Å². The van der Waals surface area contributed by atoms with E-state index in [0.29, 0.717) is 16.7 Å². The number of nitrogens with zero attached hydrogens (tertiary/aromatic N) is 1. The van der Waals surface area contributed by atoms with Crippen molar-refractivity contribution in [3.63, 3.8) is 0 Å². The molecule has 2 rings (SSSR count). The molecule has 0 saturated carbocycles. The van der Waals surface area contributed by atoms with E-state index in [9.17, 15) is 0 Å². The number of hydrogen-bond donors (Lipinski definition) is 1. The highest BCUT2D eigenvalue weighted by molar-refractivity contribution is 6.32. The van der Waals surface area contributed by atoms with Crippen molar-refractivity contribution in [2.24, 2.45) is 0 Å². The standard InChI is InChI=1S/C6H5ClN2O2/c7-3-1-4-6(9-5(3)8)11-2-10-4/h1H,2H2,(H2,8,9). The molecule has 4 nitrogen and oxygen atoms in total. The number of rotatable bonds is 0. The zero-order chi connectivity index (χ0) is 7.84. The molecule has 0 amide bonds.